The minimum absolute atomic E-state index is 0.0405. The molecule has 0 aliphatic heterocycles. The van der Waals surface area contributed by atoms with E-state index < -0.39 is 5.92 Å². The van der Waals surface area contributed by atoms with Gasteiger partial charge in [0.05, 0.1) is 6.54 Å². The van der Waals surface area contributed by atoms with Crippen LogP contribution in [0.15, 0.2) is 35.3 Å². The van der Waals surface area contributed by atoms with Crippen LogP contribution in [0, 0.1) is 17.3 Å². The third kappa shape index (κ3) is 4.85. The SMILES string of the molecule is CC(C)CC(=NCc1ccccc1)C1C(=O)CC(C)(C)CC1=O. The molecule has 1 saturated carbocycles. The Bertz CT molecular complexity index is 579. The van der Waals surface area contributed by atoms with Gasteiger partial charge in [-0.05, 0) is 23.3 Å². The predicted octanol–water partition coefficient (Wildman–Crippen LogP) is 4.25. The Morgan fingerprint density at radius 3 is 2.22 bits per heavy atom. The summed E-state index contributed by atoms with van der Waals surface area (Å²) < 4.78 is 0. The number of Topliss-reactive ketones (excluding diaryl/α,β-unsaturated/α-hetero) is 2. The van der Waals surface area contributed by atoms with E-state index in [9.17, 15) is 9.59 Å². The lowest BCUT2D eigenvalue weighted by molar-refractivity contribution is -0.136. The lowest BCUT2D eigenvalue weighted by Crippen LogP contribution is -2.42. The van der Waals surface area contributed by atoms with Gasteiger partial charge in [-0.1, -0.05) is 58.0 Å². The maximum atomic E-state index is 12.6. The molecule has 0 radical (unpaired) electrons. The normalized spacial score (nSPS) is 19.4. The first-order valence-corrected chi connectivity index (χ1v) is 8.41. The molecule has 0 aromatic heterocycles. The maximum absolute atomic E-state index is 12.6. The van der Waals surface area contributed by atoms with Gasteiger partial charge in [0.15, 0.2) is 0 Å². The number of benzene rings is 1. The average Bonchev–Trinajstić information content (AvgIpc) is 2.43. The summed E-state index contributed by atoms with van der Waals surface area (Å²) >= 11 is 0. The number of hydrogen-bond donors (Lipinski definition) is 0. The van der Waals surface area contributed by atoms with Crippen LogP contribution in [0.5, 0.6) is 0 Å². The predicted molar refractivity (Wildman–Crippen MR) is 93.6 cm³/mol. The van der Waals surface area contributed by atoms with E-state index >= 15 is 0 Å². The summed E-state index contributed by atoms with van der Waals surface area (Å²) in [4.78, 5) is 29.8. The van der Waals surface area contributed by atoms with Crippen molar-refractivity contribution in [3.05, 3.63) is 35.9 Å². The molecule has 1 aliphatic rings. The quantitative estimate of drug-likeness (QED) is 0.602. The van der Waals surface area contributed by atoms with Crippen LogP contribution in [0.2, 0.25) is 0 Å². The molecule has 1 aliphatic carbocycles. The summed E-state index contributed by atoms with van der Waals surface area (Å²) in [6.07, 6.45) is 1.63. The zero-order valence-corrected chi connectivity index (χ0v) is 14.6. The molecule has 3 nitrogen and oxygen atoms in total. The fourth-order valence-electron chi connectivity index (χ4n) is 3.23. The zero-order chi connectivity index (χ0) is 17.0. The van der Waals surface area contributed by atoms with Crippen LogP contribution in [-0.2, 0) is 16.1 Å². The van der Waals surface area contributed by atoms with Crippen LogP contribution in [-0.4, -0.2) is 17.3 Å². The van der Waals surface area contributed by atoms with Crippen LogP contribution in [0.25, 0.3) is 0 Å². The first-order chi connectivity index (χ1) is 10.8. The van der Waals surface area contributed by atoms with Crippen molar-refractivity contribution in [3.8, 4) is 0 Å². The largest absolute Gasteiger partial charge is 0.298 e. The Kier molecular flexibility index (Phi) is 5.51. The van der Waals surface area contributed by atoms with E-state index in [0.717, 1.165) is 11.3 Å². The monoisotopic (exact) mass is 313 g/mol. The summed E-state index contributed by atoms with van der Waals surface area (Å²) in [5.41, 5.74) is 1.66. The van der Waals surface area contributed by atoms with Crippen molar-refractivity contribution >= 4 is 17.3 Å². The highest BCUT2D eigenvalue weighted by molar-refractivity contribution is 6.22. The molecule has 0 atom stereocenters. The molecule has 124 valence electrons. The lowest BCUT2D eigenvalue weighted by atomic mass is 9.69. The van der Waals surface area contributed by atoms with Gasteiger partial charge in [0.1, 0.15) is 17.5 Å². The minimum atomic E-state index is -0.617. The number of carbonyl (C=O) groups is 2. The second kappa shape index (κ2) is 7.20. The molecule has 0 heterocycles. The van der Waals surface area contributed by atoms with Crippen LogP contribution < -0.4 is 0 Å². The van der Waals surface area contributed by atoms with Gasteiger partial charge in [-0.15, -0.1) is 0 Å². The van der Waals surface area contributed by atoms with Gasteiger partial charge in [0.2, 0.25) is 0 Å². The van der Waals surface area contributed by atoms with E-state index in [1.165, 1.54) is 0 Å². The molecule has 1 fully saturated rings. The van der Waals surface area contributed by atoms with Gasteiger partial charge in [-0.2, -0.15) is 0 Å². The topological polar surface area (TPSA) is 46.5 Å². The first kappa shape index (κ1) is 17.6. The second-order valence-electron chi connectivity index (χ2n) is 7.77. The van der Waals surface area contributed by atoms with Gasteiger partial charge < -0.3 is 0 Å². The highest BCUT2D eigenvalue weighted by Gasteiger charge is 2.41. The van der Waals surface area contributed by atoms with E-state index in [2.05, 4.69) is 18.8 Å². The van der Waals surface area contributed by atoms with Crippen molar-refractivity contribution in [2.75, 3.05) is 0 Å². The second-order valence-corrected chi connectivity index (χ2v) is 7.77. The van der Waals surface area contributed by atoms with Crippen LogP contribution in [0.3, 0.4) is 0 Å². The Balaban J connectivity index is 2.24. The molecular weight excluding hydrogens is 286 g/mol. The van der Waals surface area contributed by atoms with Gasteiger partial charge in [0, 0.05) is 18.6 Å². The highest BCUT2D eigenvalue weighted by atomic mass is 16.2. The van der Waals surface area contributed by atoms with Crippen molar-refractivity contribution in [2.45, 2.75) is 53.5 Å². The number of nitrogens with zero attached hydrogens (tertiary/aromatic N) is 1. The Hall–Kier alpha value is -1.77. The highest BCUT2D eigenvalue weighted by Crippen LogP contribution is 2.35. The van der Waals surface area contributed by atoms with E-state index in [-0.39, 0.29) is 17.0 Å². The third-order valence-electron chi connectivity index (χ3n) is 4.21. The van der Waals surface area contributed by atoms with E-state index in [1.54, 1.807) is 0 Å². The molecule has 0 bridgehead atoms. The van der Waals surface area contributed by atoms with Gasteiger partial charge in [-0.25, -0.2) is 0 Å². The molecule has 1 aromatic carbocycles. The van der Waals surface area contributed by atoms with Crippen molar-refractivity contribution in [1.29, 1.82) is 0 Å². The number of rotatable bonds is 5. The standard InChI is InChI=1S/C20H27NO2/c1-14(2)10-16(21-13-15-8-6-5-7-9-15)19-17(22)11-20(3,4)12-18(19)23/h5-9,14,19H,10-13H2,1-4H3. The molecule has 3 heteroatoms. The number of carbonyl (C=O) groups excluding carboxylic acids is 2. The summed E-state index contributed by atoms with van der Waals surface area (Å²) in [5.74, 6) is -0.161. The van der Waals surface area contributed by atoms with Crippen molar-refractivity contribution < 1.29 is 9.59 Å². The molecule has 2 rings (SSSR count). The van der Waals surface area contributed by atoms with Gasteiger partial charge >= 0.3 is 0 Å². The molecule has 1 aromatic rings. The number of ketones is 2. The van der Waals surface area contributed by atoms with E-state index in [4.69, 9.17) is 0 Å². The summed E-state index contributed by atoms with van der Waals surface area (Å²) in [6.45, 7) is 8.70. The Morgan fingerprint density at radius 2 is 1.70 bits per heavy atom. The molecule has 0 N–H and O–H groups in total. The molecule has 0 saturated heterocycles. The molecule has 0 spiro atoms. The Morgan fingerprint density at radius 1 is 1.13 bits per heavy atom. The lowest BCUT2D eigenvalue weighted by Gasteiger charge is -2.33. The first-order valence-electron chi connectivity index (χ1n) is 8.41. The molecule has 0 amide bonds. The Labute approximate surface area is 139 Å². The van der Waals surface area contributed by atoms with Gasteiger partial charge in [-0.3, -0.25) is 14.6 Å². The fraction of sp³-hybridized carbons (Fsp3) is 0.550. The van der Waals surface area contributed by atoms with E-state index in [1.807, 2.05) is 44.2 Å². The summed E-state index contributed by atoms with van der Waals surface area (Å²) in [7, 11) is 0. The minimum Gasteiger partial charge on any atom is -0.298 e. The maximum Gasteiger partial charge on any atom is 0.149 e. The molecular formula is C20H27NO2. The van der Waals surface area contributed by atoms with Gasteiger partial charge in [0.25, 0.3) is 0 Å². The van der Waals surface area contributed by atoms with Crippen LogP contribution >= 0.6 is 0 Å². The number of hydrogen-bond acceptors (Lipinski definition) is 3. The van der Waals surface area contributed by atoms with Crippen molar-refractivity contribution in [1.82, 2.24) is 0 Å². The summed E-state index contributed by atoms with van der Waals surface area (Å²) in [6, 6.07) is 9.96. The number of aliphatic imine (C=N–C) groups is 1. The molecule has 23 heavy (non-hydrogen) atoms. The van der Waals surface area contributed by atoms with Crippen LogP contribution in [0.1, 0.15) is 52.5 Å². The van der Waals surface area contributed by atoms with Crippen molar-refractivity contribution in [3.63, 3.8) is 0 Å². The third-order valence-corrected chi connectivity index (χ3v) is 4.21. The average molecular weight is 313 g/mol. The fourth-order valence-corrected chi connectivity index (χ4v) is 3.23. The summed E-state index contributed by atoms with van der Waals surface area (Å²) in [5, 5.41) is 0. The smallest absolute Gasteiger partial charge is 0.149 e. The molecule has 0 unspecified atom stereocenters. The van der Waals surface area contributed by atoms with Crippen molar-refractivity contribution in [2.24, 2.45) is 22.2 Å². The zero-order valence-electron chi connectivity index (χ0n) is 14.6. The van der Waals surface area contributed by atoms with Crippen LogP contribution in [0.4, 0.5) is 0 Å². The van der Waals surface area contributed by atoms with E-state index in [0.29, 0.717) is 31.7 Å².